The number of sulfone groups is 1. The van der Waals surface area contributed by atoms with Crippen LogP contribution >= 0.6 is 0 Å². The summed E-state index contributed by atoms with van der Waals surface area (Å²) in [7, 11) is -3.12. The fourth-order valence-electron chi connectivity index (χ4n) is 1.67. The maximum absolute atomic E-state index is 12.7. The molecular formula is C12H13FN2O3S. The van der Waals surface area contributed by atoms with Crippen LogP contribution < -0.4 is 10.6 Å². The summed E-state index contributed by atoms with van der Waals surface area (Å²) in [6, 6.07) is 5.05. The van der Waals surface area contributed by atoms with Crippen LogP contribution in [0.5, 0.6) is 0 Å². The van der Waals surface area contributed by atoms with Crippen molar-refractivity contribution in [1.29, 1.82) is 0 Å². The highest BCUT2D eigenvalue weighted by Gasteiger charge is 2.21. The van der Waals surface area contributed by atoms with E-state index in [1.807, 2.05) is 0 Å². The zero-order valence-corrected chi connectivity index (χ0v) is 10.8. The normalized spacial score (nSPS) is 20.4. The minimum atomic E-state index is -3.12. The first-order valence-corrected chi connectivity index (χ1v) is 7.36. The van der Waals surface area contributed by atoms with Gasteiger partial charge >= 0.3 is 0 Å². The van der Waals surface area contributed by atoms with Gasteiger partial charge in [0.25, 0.3) is 0 Å². The molecule has 1 heterocycles. The molecule has 1 amide bonds. The van der Waals surface area contributed by atoms with Crippen LogP contribution in [0, 0.1) is 5.82 Å². The Morgan fingerprint density at radius 1 is 1.32 bits per heavy atom. The number of nitrogens with one attached hydrogen (secondary N) is 2. The molecule has 7 heteroatoms. The van der Waals surface area contributed by atoms with Crippen molar-refractivity contribution in [1.82, 2.24) is 5.32 Å². The van der Waals surface area contributed by atoms with Gasteiger partial charge in [-0.15, -0.1) is 0 Å². The Kier molecular flexibility index (Phi) is 3.96. The van der Waals surface area contributed by atoms with Gasteiger partial charge in [-0.05, 0) is 24.3 Å². The van der Waals surface area contributed by atoms with Crippen molar-refractivity contribution in [2.45, 2.75) is 6.04 Å². The molecule has 0 saturated carbocycles. The topological polar surface area (TPSA) is 75.3 Å². The molecule has 2 N–H and O–H groups in total. The summed E-state index contributed by atoms with van der Waals surface area (Å²) in [6.45, 7) is -0.0120. The molecular weight excluding hydrogens is 271 g/mol. The molecule has 1 aromatic carbocycles. The number of carbonyl (C=O) groups is 1. The molecule has 0 fully saturated rings. The van der Waals surface area contributed by atoms with Gasteiger partial charge in [0.05, 0.1) is 12.3 Å². The molecule has 1 atom stereocenters. The molecule has 102 valence electrons. The van der Waals surface area contributed by atoms with Crippen molar-refractivity contribution in [3.63, 3.8) is 0 Å². The van der Waals surface area contributed by atoms with E-state index in [9.17, 15) is 17.6 Å². The zero-order chi connectivity index (χ0) is 13.9. The number of carbonyl (C=O) groups excluding carboxylic acids is 1. The maximum atomic E-state index is 12.7. The minimum absolute atomic E-state index is 0.0120. The Labute approximate surface area is 110 Å². The van der Waals surface area contributed by atoms with Gasteiger partial charge in [0, 0.05) is 17.1 Å². The minimum Gasteiger partial charge on any atom is -0.325 e. The molecule has 1 unspecified atom stereocenters. The Morgan fingerprint density at radius 3 is 2.58 bits per heavy atom. The zero-order valence-electron chi connectivity index (χ0n) is 9.97. The van der Waals surface area contributed by atoms with Gasteiger partial charge < -0.3 is 10.6 Å². The summed E-state index contributed by atoms with van der Waals surface area (Å²) in [5.74, 6) is -0.724. The molecule has 0 aliphatic carbocycles. The van der Waals surface area contributed by atoms with Crippen LogP contribution in [-0.2, 0) is 14.6 Å². The Hall–Kier alpha value is -1.73. The molecule has 0 saturated heterocycles. The molecule has 19 heavy (non-hydrogen) atoms. The van der Waals surface area contributed by atoms with Gasteiger partial charge in [-0.25, -0.2) is 12.8 Å². The van der Waals surface area contributed by atoms with Crippen molar-refractivity contribution in [3.05, 3.63) is 41.6 Å². The quantitative estimate of drug-likeness (QED) is 0.852. The van der Waals surface area contributed by atoms with E-state index in [0.717, 1.165) is 5.41 Å². The SMILES string of the molecule is O=C(CNC1C=CS(=O)(=O)C1)Nc1ccc(F)cc1. The molecule has 5 nitrogen and oxygen atoms in total. The second kappa shape index (κ2) is 5.50. The van der Waals surface area contributed by atoms with E-state index in [0.29, 0.717) is 5.69 Å². The van der Waals surface area contributed by atoms with Gasteiger partial charge in [0.2, 0.25) is 5.91 Å². The number of amides is 1. The summed E-state index contributed by atoms with van der Waals surface area (Å²) >= 11 is 0. The van der Waals surface area contributed by atoms with Crippen LogP contribution in [0.2, 0.25) is 0 Å². The van der Waals surface area contributed by atoms with Gasteiger partial charge in [-0.3, -0.25) is 4.79 Å². The van der Waals surface area contributed by atoms with Crippen molar-refractivity contribution in [2.24, 2.45) is 0 Å². The number of rotatable bonds is 4. The molecule has 0 radical (unpaired) electrons. The van der Waals surface area contributed by atoms with Gasteiger partial charge in [0.1, 0.15) is 5.82 Å². The maximum Gasteiger partial charge on any atom is 0.238 e. The van der Waals surface area contributed by atoms with Gasteiger partial charge in [-0.1, -0.05) is 6.08 Å². The Morgan fingerprint density at radius 2 is 2.00 bits per heavy atom. The van der Waals surface area contributed by atoms with Crippen LogP contribution in [0.15, 0.2) is 35.7 Å². The van der Waals surface area contributed by atoms with E-state index < -0.39 is 9.84 Å². The number of hydrogen-bond acceptors (Lipinski definition) is 4. The average Bonchev–Trinajstić information content (AvgIpc) is 2.69. The van der Waals surface area contributed by atoms with E-state index in [1.165, 1.54) is 30.3 Å². The number of anilines is 1. The number of halogens is 1. The lowest BCUT2D eigenvalue weighted by molar-refractivity contribution is -0.115. The lowest BCUT2D eigenvalue weighted by Gasteiger charge is -2.10. The second-order valence-corrected chi connectivity index (χ2v) is 6.13. The molecule has 1 aromatic rings. The van der Waals surface area contributed by atoms with Crippen molar-refractivity contribution in [2.75, 3.05) is 17.6 Å². The Bertz CT molecular complexity index is 596. The fraction of sp³-hybridized carbons (Fsp3) is 0.250. The van der Waals surface area contributed by atoms with Crippen molar-refractivity contribution in [3.8, 4) is 0 Å². The summed E-state index contributed by atoms with van der Waals surface area (Å²) in [6.07, 6.45) is 1.51. The lowest BCUT2D eigenvalue weighted by atomic mass is 10.3. The number of benzene rings is 1. The molecule has 1 aliphatic rings. The smallest absolute Gasteiger partial charge is 0.238 e. The van der Waals surface area contributed by atoms with Gasteiger partial charge in [-0.2, -0.15) is 0 Å². The predicted molar refractivity (Wildman–Crippen MR) is 69.7 cm³/mol. The van der Waals surface area contributed by atoms with Crippen molar-refractivity contribution < 1.29 is 17.6 Å². The van der Waals surface area contributed by atoms with Crippen molar-refractivity contribution >= 4 is 21.4 Å². The fourth-order valence-corrected chi connectivity index (χ4v) is 2.93. The Balaban J connectivity index is 1.79. The van der Waals surface area contributed by atoms with E-state index in [-0.39, 0.29) is 30.1 Å². The standard InChI is InChI=1S/C12H13FN2O3S/c13-9-1-3-10(4-2-9)15-12(16)7-14-11-5-6-19(17,18)8-11/h1-6,11,14H,7-8H2,(H,15,16). The average molecular weight is 284 g/mol. The van der Waals surface area contributed by atoms with Gasteiger partial charge in [0.15, 0.2) is 9.84 Å². The third-order valence-electron chi connectivity index (χ3n) is 2.58. The van der Waals surface area contributed by atoms with Crippen LogP contribution in [0.25, 0.3) is 0 Å². The van der Waals surface area contributed by atoms with Crippen LogP contribution in [-0.4, -0.2) is 32.7 Å². The predicted octanol–water partition coefficient (Wildman–Crippen LogP) is 0.665. The summed E-state index contributed by atoms with van der Waals surface area (Å²) in [4.78, 5) is 11.6. The highest BCUT2D eigenvalue weighted by atomic mass is 32.2. The highest BCUT2D eigenvalue weighted by molar-refractivity contribution is 7.94. The van der Waals surface area contributed by atoms with E-state index in [2.05, 4.69) is 10.6 Å². The first kappa shape index (κ1) is 13.7. The molecule has 2 rings (SSSR count). The summed E-state index contributed by atoms with van der Waals surface area (Å²) < 4.78 is 35.0. The molecule has 1 aliphatic heterocycles. The van der Waals surface area contributed by atoms with Crippen LogP contribution in [0.4, 0.5) is 10.1 Å². The third kappa shape index (κ3) is 4.15. The summed E-state index contributed by atoms with van der Waals surface area (Å²) in [5, 5.41) is 6.53. The summed E-state index contributed by atoms with van der Waals surface area (Å²) in [5.41, 5.74) is 0.489. The highest BCUT2D eigenvalue weighted by Crippen LogP contribution is 2.09. The molecule has 0 bridgehead atoms. The van der Waals surface area contributed by atoms with Crippen LogP contribution in [0.3, 0.4) is 0 Å². The number of hydrogen-bond donors (Lipinski definition) is 2. The molecule has 0 aromatic heterocycles. The lowest BCUT2D eigenvalue weighted by Crippen LogP contribution is -2.36. The first-order chi connectivity index (χ1) is 8.94. The largest absolute Gasteiger partial charge is 0.325 e. The monoisotopic (exact) mass is 284 g/mol. The van der Waals surface area contributed by atoms with Crippen LogP contribution in [0.1, 0.15) is 0 Å². The molecule has 0 spiro atoms. The third-order valence-corrected chi connectivity index (χ3v) is 3.98. The first-order valence-electron chi connectivity index (χ1n) is 5.64. The van der Waals surface area contributed by atoms with E-state index >= 15 is 0 Å². The van der Waals surface area contributed by atoms with E-state index in [1.54, 1.807) is 0 Å². The van der Waals surface area contributed by atoms with E-state index in [4.69, 9.17) is 0 Å². The second-order valence-electron chi connectivity index (χ2n) is 4.20.